The van der Waals surface area contributed by atoms with Crippen molar-refractivity contribution in [3.05, 3.63) is 41.6 Å². The fourth-order valence-corrected chi connectivity index (χ4v) is 1.04. The number of hydrogen-bond acceptors (Lipinski definition) is 3. The van der Waals surface area contributed by atoms with Gasteiger partial charge in [-0.2, -0.15) is 5.26 Å². The highest BCUT2D eigenvalue weighted by Crippen LogP contribution is 2.08. The van der Waals surface area contributed by atoms with Crippen LogP contribution in [0.3, 0.4) is 0 Å². The number of benzene rings is 1. The highest BCUT2D eigenvalue weighted by atomic mass is 14.9. The van der Waals surface area contributed by atoms with Crippen LogP contribution in [0.25, 0.3) is 0 Å². The molecule has 0 amide bonds. The van der Waals surface area contributed by atoms with E-state index in [2.05, 4.69) is 23.1 Å². The Balaban J connectivity index is 2.52. The van der Waals surface area contributed by atoms with E-state index in [1.54, 1.807) is 12.1 Å². The molecule has 1 aromatic carbocycles. The van der Waals surface area contributed by atoms with Gasteiger partial charge in [0.1, 0.15) is 0 Å². The van der Waals surface area contributed by atoms with Crippen LogP contribution >= 0.6 is 0 Å². The first-order valence-electron chi connectivity index (χ1n) is 4.64. The fourth-order valence-electron chi connectivity index (χ4n) is 1.04. The second-order valence-corrected chi connectivity index (χ2v) is 3.07. The van der Waals surface area contributed by atoms with Crippen LogP contribution in [-0.4, -0.2) is 13.3 Å². The van der Waals surface area contributed by atoms with E-state index in [0.29, 0.717) is 12.1 Å². The van der Waals surface area contributed by atoms with Gasteiger partial charge in [0.15, 0.2) is 0 Å². The Kier molecular flexibility index (Phi) is 4.11. The van der Waals surface area contributed by atoms with E-state index in [9.17, 15) is 0 Å². The summed E-state index contributed by atoms with van der Waals surface area (Å²) < 4.78 is 0. The van der Waals surface area contributed by atoms with Gasteiger partial charge < -0.3 is 5.32 Å². The van der Waals surface area contributed by atoms with Gasteiger partial charge in [0, 0.05) is 17.9 Å². The van der Waals surface area contributed by atoms with Crippen molar-refractivity contribution in [1.82, 2.24) is 0 Å². The van der Waals surface area contributed by atoms with Gasteiger partial charge in [0.25, 0.3) is 0 Å². The molecule has 15 heavy (non-hydrogen) atoms. The standard InChI is InChI=1S/C12H13N3/c1-10(14-2)7-8-15-12-5-3-11(9-13)4-6-12/h3-7,15H,2,8H2,1H3/b10-7-. The molecule has 1 aromatic rings. The van der Waals surface area contributed by atoms with Gasteiger partial charge >= 0.3 is 0 Å². The fraction of sp³-hybridized carbons (Fsp3) is 0.167. The summed E-state index contributed by atoms with van der Waals surface area (Å²) in [7, 11) is 0. The number of nitrogens with zero attached hydrogens (tertiary/aromatic N) is 2. The molecule has 3 nitrogen and oxygen atoms in total. The molecule has 1 rings (SSSR count). The van der Waals surface area contributed by atoms with E-state index >= 15 is 0 Å². The minimum Gasteiger partial charge on any atom is -0.381 e. The van der Waals surface area contributed by atoms with E-state index in [1.807, 2.05) is 25.1 Å². The first kappa shape index (κ1) is 11.0. The van der Waals surface area contributed by atoms with Crippen LogP contribution in [0, 0.1) is 11.3 Å². The van der Waals surface area contributed by atoms with E-state index in [-0.39, 0.29) is 0 Å². The third-order valence-electron chi connectivity index (χ3n) is 1.97. The predicted octanol–water partition coefficient (Wildman–Crippen LogP) is 2.57. The first-order chi connectivity index (χ1) is 7.26. The molecule has 0 saturated heterocycles. The molecule has 76 valence electrons. The number of hydrogen-bond donors (Lipinski definition) is 1. The van der Waals surface area contributed by atoms with Crippen LogP contribution in [0.1, 0.15) is 12.5 Å². The van der Waals surface area contributed by atoms with Crippen LogP contribution in [0.15, 0.2) is 41.0 Å². The zero-order valence-electron chi connectivity index (χ0n) is 8.70. The Morgan fingerprint density at radius 3 is 2.73 bits per heavy atom. The zero-order chi connectivity index (χ0) is 11.1. The van der Waals surface area contributed by atoms with Crippen molar-refractivity contribution in [3.63, 3.8) is 0 Å². The average molecular weight is 199 g/mol. The van der Waals surface area contributed by atoms with E-state index < -0.39 is 0 Å². The van der Waals surface area contributed by atoms with Crippen molar-refractivity contribution in [3.8, 4) is 6.07 Å². The molecule has 0 bridgehead atoms. The average Bonchev–Trinajstić information content (AvgIpc) is 2.29. The van der Waals surface area contributed by atoms with E-state index in [0.717, 1.165) is 11.4 Å². The maximum atomic E-state index is 8.61. The van der Waals surface area contributed by atoms with Crippen LogP contribution in [-0.2, 0) is 0 Å². The Labute approximate surface area is 89.8 Å². The van der Waals surface area contributed by atoms with E-state index in [1.165, 1.54) is 0 Å². The molecule has 0 radical (unpaired) electrons. The number of nitrogens with one attached hydrogen (secondary N) is 1. The highest BCUT2D eigenvalue weighted by molar-refractivity contribution is 5.47. The predicted molar refractivity (Wildman–Crippen MR) is 63.0 cm³/mol. The normalized spacial score (nSPS) is 10.5. The summed E-state index contributed by atoms with van der Waals surface area (Å²) in [6.07, 6.45) is 1.95. The molecule has 1 N–H and O–H groups in total. The lowest BCUT2D eigenvalue weighted by Crippen LogP contribution is -1.98. The smallest absolute Gasteiger partial charge is 0.0991 e. The Morgan fingerprint density at radius 2 is 2.20 bits per heavy atom. The molecule has 3 heteroatoms. The molecule has 0 aromatic heterocycles. The second kappa shape index (κ2) is 5.61. The van der Waals surface area contributed by atoms with Crippen molar-refractivity contribution >= 4 is 12.4 Å². The number of anilines is 1. The van der Waals surface area contributed by atoms with Gasteiger partial charge in [-0.05, 0) is 44.0 Å². The molecular formula is C12H13N3. The molecule has 0 atom stereocenters. The van der Waals surface area contributed by atoms with E-state index in [4.69, 9.17) is 5.26 Å². The van der Waals surface area contributed by atoms with Crippen molar-refractivity contribution in [2.45, 2.75) is 6.92 Å². The van der Waals surface area contributed by atoms with Crippen LogP contribution in [0.4, 0.5) is 5.69 Å². The monoisotopic (exact) mass is 199 g/mol. The van der Waals surface area contributed by atoms with Crippen molar-refractivity contribution in [1.29, 1.82) is 5.26 Å². The number of nitriles is 1. The molecule has 0 aliphatic heterocycles. The largest absolute Gasteiger partial charge is 0.381 e. The summed E-state index contributed by atoms with van der Waals surface area (Å²) in [5, 5.41) is 11.8. The molecular weight excluding hydrogens is 186 g/mol. The molecule has 0 aliphatic rings. The maximum Gasteiger partial charge on any atom is 0.0991 e. The van der Waals surface area contributed by atoms with Crippen LogP contribution < -0.4 is 5.32 Å². The van der Waals surface area contributed by atoms with Gasteiger partial charge in [0.2, 0.25) is 0 Å². The lowest BCUT2D eigenvalue weighted by molar-refractivity contribution is 1.24. The topological polar surface area (TPSA) is 48.2 Å². The van der Waals surface area contributed by atoms with Crippen LogP contribution in [0.5, 0.6) is 0 Å². The molecule has 0 saturated carbocycles. The summed E-state index contributed by atoms with van der Waals surface area (Å²) in [6.45, 7) is 6.03. The number of rotatable bonds is 4. The molecule has 0 fully saturated rings. The van der Waals surface area contributed by atoms with Crippen molar-refractivity contribution < 1.29 is 0 Å². The van der Waals surface area contributed by atoms with Gasteiger partial charge in [-0.25, -0.2) is 0 Å². The quantitative estimate of drug-likeness (QED) is 0.757. The summed E-state index contributed by atoms with van der Waals surface area (Å²) >= 11 is 0. The lowest BCUT2D eigenvalue weighted by Gasteiger charge is -2.02. The van der Waals surface area contributed by atoms with Crippen LogP contribution in [0.2, 0.25) is 0 Å². The molecule has 0 heterocycles. The lowest BCUT2D eigenvalue weighted by atomic mass is 10.2. The second-order valence-electron chi connectivity index (χ2n) is 3.07. The van der Waals surface area contributed by atoms with Gasteiger partial charge in [-0.3, -0.25) is 4.99 Å². The third kappa shape index (κ3) is 3.65. The van der Waals surface area contributed by atoms with Gasteiger partial charge in [0.05, 0.1) is 11.6 Å². The highest BCUT2D eigenvalue weighted by Gasteiger charge is 1.91. The summed E-state index contributed by atoms with van der Waals surface area (Å²) in [5.74, 6) is 0. The zero-order valence-corrected chi connectivity index (χ0v) is 8.70. The first-order valence-corrected chi connectivity index (χ1v) is 4.64. The van der Waals surface area contributed by atoms with Gasteiger partial charge in [-0.1, -0.05) is 0 Å². The van der Waals surface area contributed by atoms with Crippen molar-refractivity contribution in [2.75, 3.05) is 11.9 Å². The number of allylic oxidation sites excluding steroid dienone is 1. The van der Waals surface area contributed by atoms with Crippen molar-refractivity contribution in [2.24, 2.45) is 4.99 Å². The summed E-state index contributed by atoms with van der Waals surface area (Å²) in [6, 6.07) is 9.40. The Morgan fingerprint density at radius 1 is 1.53 bits per heavy atom. The molecule has 0 unspecified atom stereocenters. The number of aliphatic imine (C=N–C) groups is 1. The third-order valence-corrected chi connectivity index (χ3v) is 1.97. The Hall–Kier alpha value is -2.08. The maximum absolute atomic E-state index is 8.61. The Bertz CT molecular complexity index is 396. The molecule has 0 spiro atoms. The minimum atomic E-state index is 0.667. The molecule has 0 aliphatic carbocycles. The van der Waals surface area contributed by atoms with Gasteiger partial charge in [-0.15, -0.1) is 0 Å². The summed E-state index contributed by atoms with van der Waals surface area (Å²) in [5.41, 5.74) is 2.55. The summed E-state index contributed by atoms with van der Waals surface area (Å²) in [4.78, 5) is 3.78. The minimum absolute atomic E-state index is 0.667. The SMILES string of the molecule is C=N/C(C)=C\CNc1ccc(C#N)cc1.